The van der Waals surface area contributed by atoms with E-state index in [9.17, 15) is 13.2 Å². The number of hydrogen-bond donors (Lipinski definition) is 2. The van der Waals surface area contributed by atoms with Crippen molar-refractivity contribution in [3.63, 3.8) is 0 Å². The minimum absolute atomic E-state index is 0.111. The van der Waals surface area contributed by atoms with E-state index in [0.717, 1.165) is 5.56 Å². The first kappa shape index (κ1) is 12.6. The van der Waals surface area contributed by atoms with Crippen molar-refractivity contribution in [2.45, 2.75) is 16.8 Å². The van der Waals surface area contributed by atoms with Crippen molar-refractivity contribution in [1.82, 2.24) is 5.32 Å². The van der Waals surface area contributed by atoms with Gasteiger partial charge < -0.3 is 15.4 Å². The summed E-state index contributed by atoms with van der Waals surface area (Å²) in [6, 6.07) is 4.70. The van der Waals surface area contributed by atoms with E-state index in [0.29, 0.717) is 18.8 Å². The summed E-state index contributed by atoms with van der Waals surface area (Å²) in [4.78, 5) is 11.5. The smallest absolute Gasteiger partial charge is 0.228 e. The van der Waals surface area contributed by atoms with Crippen molar-refractivity contribution in [2.24, 2.45) is 0 Å². The van der Waals surface area contributed by atoms with Crippen LogP contribution in [0, 0.1) is 0 Å². The Morgan fingerprint density at radius 3 is 2.89 bits per heavy atom. The minimum atomic E-state index is -3.52. The molecule has 1 unspecified atom stereocenters. The van der Waals surface area contributed by atoms with E-state index in [2.05, 4.69) is 10.6 Å². The lowest BCUT2D eigenvalue weighted by molar-refractivity contribution is -0.115. The molecule has 102 valence electrons. The van der Waals surface area contributed by atoms with Gasteiger partial charge in [-0.25, -0.2) is 8.42 Å². The van der Waals surface area contributed by atoms with Crippen LogP contribution in [0.25, 0.3) is 0 Å². The number of fused-ring (bicyclic) bond motifs is 1. The topological polar surface area (TPSA) is 84.5 Å². The monoisotopic (exact) mass is 282 g/mol. The third-order valence-corrected chi connectivity index (χ3v) is 5.18. The molecule has 0 saturated carbocycles. The lowest BCUT2D eigenvalue weighted by atomic mass is 10.2. The Morgan fingerprint density at radius 1 is 1.32 bits per heavy atom. The quantitative estimate of drug-likeness (QED) is 0.791. The summed E-state index contributed by atoms with van der Waals surface area (Å²) in [6.45, 7) is 1.33. The molecular formula is C12H14N2O4S. The maximum absolute atomic E-state index is 12.4. The van der Waals surface area contributed by atoms with Crippen LogP contribution in [0.5, 0.6) is 0 Å². The van der Waals surface area contributed by atoms with Crippen molar-refractivity contribution < 1.29 is 17.9 Å². The van der Waals surface area contributed by atoms with Crippen LogP contribution in [-0.4, -0.2) is 39.5 Å². The predicted octanol–water partition coefficient (Wildman–Crippen LogP) is -0.0992. The molecular weight excluding hydrogens is 268 g/mol. The van der Waals surface area contributed by atoms with Gasteiger partial charge in [-0.2, -0.15) is 0 Å². The van der Waals surface area contributed by atoms with Crippen molar-refractivity contribution in [1.29, 1.82) is 0 Å². The standard InChI is InChI=1S/C12H14N2O4S/c15-11-6-8-5-9(1-2-10(8)14-11)19(16,17)12-7-13-3-4-18-12/h1-2,5,12-13H,3-4,6-7H2,(H,14,15). The van der Waals surface area contributed by atoms with Gasteiger partial charge in [0, 0.05) is 18.8 Å². The Hall–Kier alpha value is -1.44. The molecule has 1 fully saturated rings. The van der Waals surface area contributed by atoms with E-state index in [1.165, 1.54) is 6.07 Å². The van der Waals surface area contributed by atoms with Gasteiger partial charge >= 0.3 is 0 Å². The van der Waals surface area contributed by atoms with Crippen molar-refractivity contribution in [2.75, 3.05) is 25.0 Å². The van der Waals surface area contributed by atoms with E-state index in [1.54, 1.807) is 12.1 Å². The highest BCUT2D eigenvalue weighted by Gasteiger charge is 2.31. The molecule has 3 rings (SSSR count). The molecule has 19 heavy (non-hydrogen) atoms. The molecule has 7 heteroatoms. The summed E-state index contributed by atoms with van der Waals surface area (Å²) in [7, 11) is -3.52. The number of nitrogens with one attached hydrogen (secondary N) is 2. The number of anilines is 1. The minimum Gasteiger partial charge on any atom is -0.359 e. The molecule has 1 amide bonds. The fourth-order valence-corrected chi connectivity index (χ4v) is 3.76. The third-order valence-electron chi connectivity index (χ3n) is 3.27. The average Bonchev–Trinajstić information content (AvgIpc) is 2.78. The molecule has 0 bridgehead atoms. The van der Waals surface area contributed by atoms with E-state index in [-0.39, 0.29) is 23.8 Å². The molecule has 1 atom stereocenters. The number of sulfone groups is 1. The molecule has 2 heterocycles. The number of amides is 1. The van der Waals surface area contributed by atoms with Gasteiger partial charge in [0.05, 0.1) is 17.9 Å². The molecule has 6 nitrogen and oxygen atoms in total. The zero-order valence-electron chi connectivity index (χ0n) is 10.2. The molecule has 0 aliphatic carbocycles. The molecule has 2 aliphatic rings. The van der Waals surface area contributed by atoms with Gasteiger partial charge in [0.2, 0.25) is 15.7 Å². The van der Waals surface area contributed by atoms with E-state index < -0.39 is 15.3 Å². The van der Waals surface area contributed by atoms with Crippen molar-refractivity contribution in [3.8, 4) is 0 Å². The molecule has 2 aliphatic heterocycles. The maximum Gasteiger partial charge on any atom is 0.228 e. The van der Waals surface area contributed by atoms with Gasteiger partial charge in [-0.15, -0.1) is 0 Å². The van der Waals surface area contributed by atoms with Crippen LogP contribution in [0.15, 0.2) is 23.1 Å². The van der Waals surface area contributed by atoms with Crippen LogP contribution in [0.4, 0.5) is 5.69 Å². The summed E-state index contributed by atoms with van der Waals surface area (Å²) < 4.78 is 30.1. The van der Waals surface area contributed by atoms with Gasteiger partial charge in [0.1, 0.15) is 0 Å². The molecule has 0 spiro atoms. The highest BCUT2D eigenvalue weighted by atomic mass is 32.2. The van der Waals surface area contributed by atoms with Crippen LogP contribution in [0.2, 0.25) is 0 Å². The van der Waals surface area contributed by atoms with Gasteiger partial charge in [-0.1, -0.05) is 0 Å². The normalized spacial score (nSPS) is 22.9. The fraction of sp³-hybridized carbons (Fsp3) is 0.417. The van der Waals surface area contributed by atoms with Crippen LogP contribution in [0.3, 0.4) is 0 Å². The Kier molecular flexibility index (Phi) is 3.04. The molecule has 1 saturated heterocycles. The predicted molar refractivity (Wildman–Crippen MR) is 68.6 cm³/mol. The van der Waals surface area contributed by atoms with Crippen LogP contribution in [-0.2, 0) is 25.8 Å². The number of morpholine rings is 1. The number of carbonyl (C=O) groups is 1. The van der Waals surface area contributed by atoms with E-state index in [1.807, 2.05) is 0 Å². The first-order valence-electron chi connectivity index (χ1n) is 6.06. The average molecular weight is 282 g/mol. The van der Waals surface area contributed by atoms with Gasteiger partial charge in [-0.05, 0) is 23.8 Å². The molecule has 2 N–H and O–H groups in total. The number of ether oxygens (including phenoxy) is 1. The fourth-order valence-electron chi connectivity index (χ4n) is 2.28. The van der Waals surface area contributed by atoms with E-state index >= 15 is 0 Å². The molecule has 1 aromatic rings. The lowest BCUT2D eigenvalue weighted by Gasteiger charge is -2.23. The van der Waals surface area contributed by atoms with Gasteiger partial charge in [0.15, 0.2) is 5.44 Å². The number of rotatable bonds is 2. The number of carbonyl (C=O) groups excluding carboxylic acids is 1. The Morgan fingerprint density at radius 2 is 2.16 bits per heavy atom. The zero-order valence-corrected chi connectivity index (χ0v) is 11.0. The second kappa shape index (κ2) is 4.59. The number of hydrogen-bond acceptors (Lipinski definition) is 5. The van der Waals surface area contributed by atoms with Crippen LogP contribution < -0.4 is 10.6 Å². The summed E-state index contributed by atoms with van der Waals surface area (Å²) >= 11 is 0. The van der Waals surface area contributed by atoms with Crippen molar-refractivity contribution >= 4 is 21.4 Å². The molecule has 1 aromatic carbocycles. The highest BCUT2D eigenvalue weighted by molar-refractivity contribution is 7.92. The lowest BCUT2D eigenvalue weighted by Crippen LogP contribution is -2.43. The molecule has 0 radical (unpaired) electrons. The Balaban J connectivity index is 1.93. The Labute approximate surface area is 111 Å². The van der Waals surface area contributed by atoms with Crippen LogP contribution in [0.1, 0.15) is 5.56 Å². The SMILES string of the molecule is O=C1Cc2cc(S(=O)(=O)C3CNCCO3)ccc2N1. The zero-order chi connectivity index (χ0) is 13.5. The third kappa shape index (κ3) is 2.24. The first-order valence-corrected chi connectivity index (χ1v) is 7.61. The summed E-state index contributed by atoms with van der Waals surface area (Å²) in [5.41, 5.74) is 0.547. The summed E-state index contributed by atoms with van der Waals surface area (Å²) in [5, 5.41) is 5.68. The number of benzene rings is 1. The highest BCUT2D eigenvalue weighted by Crippen LogP contribution is 2.27. The summed E-state index contributed by atoms with van der Waals surface area (Å²) in [6.07, 6.45) is 0.225. The maximum atomic E-state index is 12.4. The van der Waals surface area contributed by atoms with E-state index in [4.69, 9.17) is 4.74 Å². The molecule has 0 aromatic heterocycles. The first-order chi connectivity index (χ1) is 9.07. The Bertz CT molecular complexity index is 621. The van der Waals surface area contributed by atoms with Crippen molar-refractivity contribution in [3.05, 3.63) is 23.8 Å². The second-order valence-electron chi connectivity index (χ2n) is 4.59. The van der Waals surface area contributed by atoms with Crippen LogP contribution >= 0.6 is 0 Å². The van der Waals surface area contributed by atoms with Gasteiger partial charge in [0.25, 0.3) is 0 Å². The van der Waals surface area contributed by atoms with Gasteiger partial charge in [-0.3, -0.25) is 4.79 Å². The summed E-state index contributed by atoms with van der Waals surface area (Å²) in [5.74, 6) is -0.111. The largest absolute Gasteiger partial charge is 0.359 e. The second-order valence-corrected chi connectivity index (χ2v) is 6.68.